The van der Waals surface area contributed by atoms with Crippen molar-refractivity contribution >= 4 is 5.91 Å². The molecule has 0 saturated heterocycles. The molecule has 0 radical (unpaired) electrons. The molecule has 0 aromatic heterocycles. The van der Waals surface area contributed by atoms with Crippen LogP contribution in [0.1, 0.15) is 84.5 Å². The molecule has 0 unspecified atom stereocenters. The lowest BCUT2D eigenvalue weighted by Gasteiger charge is -2.23. The van der Waals surface area contributed by atoms with Crippen LogP contribution < -0.4 is 5.32 Å². The van der Waals surface area contributed by atoms with E-state index in [9.17, 15) is 10.1 Å². The molecule has 1 aliphatic carbocycles. The highest BCUT2D eigenvalue weighted by atomic mass is 16.2. The number of amides is 1. The minimum absolute atomic E-state index is 0.0194. The summed E-state index contributed by atoms with van der Waals surface area (Å²) in [5.41, 5.74) is -0.742. The molecule has 1 amide bonds. The number of nitriles is 1. The summed E-state index contributed by atoms with van der Waals surface area (Å²) in [7, 11) is 0. The van der Waals surface area contributed by atoms with Crippen molar-refractivity contribution in [2.24, 2.45) is 11.3 Å². The molecule has 1 fully saturated rings. The summed E-state index contributed by atoms with van der Waals surface area (Å²) in [4.78, 5) is 12.3. The fourth-order valence-electron chi connectivity index (χ4n) is 3.12. The normalized spacial score (nSPS) is 18.0. The fraction of sp³-hybridized carbons (Fsp3) is 0.889. The monoisotopic (exact) mass is 292 g/mol. The van der Waals surface area contributed by atoms with E-state index in [-0.39, 0.29) is 5.91 Å². The van der Waals surface area contributed by atoms with Crippen LogP contribution in [-0.2, 0) is 4.79 Å². The fourth-order valence-corrected chi connectivity index (χ4v) is 3.12. The molecule has 0 aromatic rings. The van der Waals surface area contributed by atoms with E-state index in [0.717, 1.165) is 57.4 Å². The first-order valence-electron chi connectivity index (χ1n) is 8.80. The molecule has 0 atom stereocenters. The van der Waals surface area contributed by atoms with Gasteiger partial charge >= 0.3 is 0 Å². The smallest absolute Gasteiger partial charge is 0.240 e. The number of nitrogens with zero attached hydrogens (tertiary/aromatic N) is 1. The highest BCUT2D eigenvalue weighted by Crippen LogP contribution is 2.34. The predicted molar refractivity (Wildman–Crippen MR) is 86.7 cm³/mol. The maximum atomic E-state index is 12.3. The van der Waals surface area contributed by atoms with Crippen LogP contribution in [0.4, 0.5) is 0 Å². The SMILES string of the molecule is CC(C)CCCCCCNC(=O)C1(C#N)CCCCCC1. The molecule has 120 valence electrons. The first-order chi connectivity index (χ1) is 10.1. The summed E-state index contributed by atoms with van der Waals surface area (Å²) >= 11 is 0. The Morgan fingerprint density at radius 1 is 1.10 bits per heavy atom. The summed E-state index contributed by atoms with van der Waals surface area (Å²) in [6.45, 7) is 5.24. The quantitative estimate of drug-likeness (QED) is 0.526. The lowest BCUT2D eigenvalue weighted by atomic mass is 9.81. The van der Waals surface area contributed by atoms with Gasteiger partial charge in [-0.25, -0.2) is 0 Å². The molecule has 1 aliphatic rings. The summed E-state index contributed by atoms with van der Waals surface area (Å²) in [5.74, 6) is 0.768. The van der Waals surface area contributed by atoms with Gasteiger partial charge in [0.25, 0.3) is 0 Å². The van der Waals surface area contributed by atoms with E-state index in [4.69, 9.17) is 0 Å². The Labute approximate surface area is 130 Å². The molecule has 0 bridgehead atoms. The van der Waals surface area contributed by atoms with Gasteiger partial charge in [0.1, 0.15) is 5.41 Å². The molecule has 1 saturated carbocycles. The zero-order valence-electron chi connectivity index (χ0n) is 13.9. The minimum Gasteiger partial charge on any atom is -0.355 e. The van der Waals surface area contributed by atoms with E-state index in [0.29, 0.717) is 0 Å². The Balaban J connectivity index is 2.21. The summed E-state index contributed by atoms with van der Waals surface area (Å²) in [6.07, 6.45) is 11.9. The first kappa shape index (κ1) is 18.0. The zero-order valence-corrected chi connectivity index (χ0v) is 13.9. The van der Waals surface area contributed by atoms with Gasteiger partial charge in [-0.05, 0) is 25.2 Å². The molecular formula is C18H32N2O. The maximum absolute atomic E-state index is 12.3. The molecule has 0 spiro atoms. The molecule has 1 N–H and O–H groups in total. The van der Waals surface area contributed by atoms with Crippen LogP contribution in [0.5, 0.6) is 0 Å². The number of hydrogen-bond donors (Lipinski definition) is 1. The third kappa shape index (κ3) is 6.50. The zero-order chi connectivity index (χ0) is 15.6. The largest absolute Gasteiger partial charge is 0.355 e. The van der Waals surface area contributed by atoms with E-state index in [1.807, 2.05) is 0 Å². The average molecular weight is 292 g/mol. The Hall–Kier alpha value is -1.04. The highest BCUT2D eigenvalue weighted by molar-refractivity contribution is 5.85. The topological polar surface area (TPSA) is 52.9 Å². The highest BCUT2D eigenvalue weighted by Gasteiger charge is 2.38. The third-order valence-corrected chi connectivity index (χ3v) is 4.60. The summed E-state index contributed by atoms with van der Waals surface area (Å²) < 4.78 is 0. The third-order valence-electron chi connectivity index (χ3n) is 4.60. The molecule has 3 heteroatoms. The summed E-state index contributed by atoms with van der Waals surface area (Å²) in [5, 5.41) is 12.5. The lowest BCUT2D eigenvalue weighted by molar-refractivity contribution is -0.128. The van der Waals surface area contributed by atoms with Crippen LogP contribution in [0.2, 0.25) is 0 Å². The second kappa shape index (κ2) is 9.82. The Bertz CT molecular complexity index is 336. The van der Waals surface area contributed by atoms with Gasteiger partial charge in [-0.1, -0.05) is 65.2 Å². The minimum atomic E-state index is -0.742. The average Bonchev–Trinajstić information content (AvgIpc) is 2.72. The van der Waals surface area contributed by atoms with Crippen molar-refractivity contribution in [1.29, 1.82) is 5.26 Å². The van der Waals surface area contributed by atoms with Crippen LogP contribution in [0.15, 0.2) is 0 Å². The second-order valence-electron chi connectivity index (χ2n) is 6.96. The molecule has 21 heavy (non-hydrogen) atoms. The Morgan fingerprint density at radius 2 is 1.71 bits per heavy atom. The van der Waals surface area contributed by atoms with Gasteiger partial charge in [0.2, 0.25) is 5.91 Å². The van der Waals surface area contributed by atoms with Gasteiger partial charge in [0.05, 0.1) is 6.07 Å². The summed E-state index contributed by atoms with van der Waals surface area (Å²) in [6, 6.07) is 2.32. The van der Waals surface area contributed by atoms with Crippen LogP contribution in [0.25, 0.3) is 0 Å². The number of hydrogen-bond acceptors (Lipinski definition) is 2. The van der Waals surface area contributed by atoms with Gasteiger partial charge in [-0.15, -0.1) is 0 Å². The molecule has 0 aliphatic heterocycles. The van der Waals surface area contributed by atoms with E-state index >= 15 is 0 Å². The molecular weight excluding hydrogens is 260 g/mol. The Kier molecular flexibility index (Phi) is 8.42. The van der Waals surface area contributed by atoms with Gasteiger partial charge < -0.3 is 5.32 Å². The van der Waals surface area contributed by atoms with Gasteiger partial charge in [0, 0.05) is 6.54 Å². The van der Waals surface area contributed by atoms with Crippen LogP contribution in [0.3, 0.4) is 0 Å². The number of nitrogens with one attached hydrogen (secondary N) is 1. The van der Waals surface area contributed by atoms with Crippen molar-refractivity contribution in [3.63, 3.8) is 0 Å². The number of carbonyl (C=O) groups excluding carboxylic acids is 1. The van der Waals surface area contributed by atoms with Crippen molar-refractivity contribution in [3.05, 3.63) is 0 Å². The predicted octanol–water partition coefficient (Wildman–Crippen LogP) is 4.57. The number of unbranched alkanes of at least 4 members (excludes halogenated alkanes) is 3. The molecule has 1 rings (SSSR count). The van der Waals surface area contributed by atoms with E-state index < -0.39 is 5.41 Å². The molecule has 0 heterocycles. The number of rotatable bonds is 8. The Morgan fingerprint density at radius 3 is 2.29 bits per heavy atom. The molecule has 0 aromatic carbocycles. The van der Waals surface area contributed by atoms with Gasteiger partial charge in [-0.2, -0.15) is 5.26 Å². The van der Waals surface area contributed by atoms with Crippen LogP contribution in [0, 0.1) is 22.7 Å². The van der Waals surface area contributed by atoms with Gasteiger partial charge in [0.15, 0.2) is 0 Å². The first-order valence-corrected chi connectivity index (χ1v) is 8.80. The van der Waals surface area contributed by atoms with Crippen molar-refractivity contribution in [2.75, 3.05) is 6.54 Å². The van der Waals surface area contributed by atoms with Crippen LogP contribution in [-0.4, -0.2) is 12.5 Å². The van der Waals surface area contributed by atoms with Crippen molar-refractivity contribution in [1.82, 2.24) is 5.32 Å². The maximum Gasteiger partial charge on any atom is 0.240 e. The van der Waals surface area contributed by atoms with Crippen molar-refractivity contribution in [3.8, 4) is 6.07 Å². The second-order valence-corrected chi connectivity index (χ2v) is 6.96. The standard InChI is InChI=1S/C18H32N2O/c1-16(2)11-7-3-6-10-14-20-17(21)18(15-19)12-8-4-5-9-13-18/h16H,3-14H2,1-2H3,(H,20,21). The van der Waals surface area contributed by atoms with Crippen LogP contribution >= 0.6 is 0 Å². The van der Waals surface area contributed by atoms with Crippen molar-refractivity contribution in [2.45, 2.75) is 84.5 Å². The van der Waals surface area contributed by atoms with Crippen molar-refractivity contribution < 1.29 is 4.79 Å². The lowest BCUT2D eigenvalue weighted by Crippen LogP contribution is -2.40. The van der Waals surface area contributed by atoms with Gasteiger partial charge in [-0.3, -0.25) is 4.79 Å². The van der Waals surface area contributed by atoms with E-state index in [2.05, 4.69) is 25.2 Å². The van der Waals surface area contributed by atoms with E-state index in [1.165, 1.54) is 25.7 Å². The number of carbonyl (C=O) groups is 1. The van der Waals surface area contributed by atoms with E-state index in [1.54, 1.807) is 0 Å². The molecule has 3 nitrogen and oxygen atoms in total.